The summed E-state index contributed by atoms with van der Waals surface area (Å²) in [6, 6.07) is 12.4. The number of aryl methyl sites for hydroxylation is 1. The Morgan fingerprint density at radius 3 is 2.52 bits per heavy atom. The van der Waals surface area contributed by atoms with Crippen LogP contribution in [-0.2, 0) is 14.8 Å². The van der Waals surface area contributed by atoms with Crippen molar-refractivity contribution in [3.63, 3.8) is 0 Å². The van der Waals surface area contributed by atoms with Crippen LogP contribution in [0.5, 0.6) is 5.75 Å². The van der Waals surface area contributed by atoms with Crippen molar-refractivity contribution in [3.05, 3.63) is 71.8 Å². The lowest BCUT2D eigenvalue weighted by Gasteiger charge is -2.23. The quantitative estimate of drug-likeness (QED) is 0.388. The highest BCUT2D eigenvalue weighted by molar-refractivity contribution is 7.92. The first-order chi connectivity index (χ1) is 13.7. The van der Waals surface area contributed by atoms with E-state index in [0.717, 1.165) is 27.3 Å². The summed E-state index contributed by atoms with van der Waals surface area (Å²) < 4.78 is 30.9. The van der Waals surface area contributed by atoms with E-state index < -0.39 is 15.9 Å². The highest BCUT2D eigenvalue weighted by Crippen LogP contribution is 2.24. The molecule has 0 unspecified atom stereocenters. The van der Waals surface area contributed by atoms with Crippen LogP contribution in [-0.4, -0.2) is 39.9 Å². The monoisotopic (exact) mass is 415 g/mol. The molecule has 0 atom stereocenters. The van der Waals surface area contributed by atoms with Crippen LogP contribution in [0.3, 0.4) is 0 Å². The summed E-state index contributed by atoms with van der Waals surface area (Å²) >= 11 is 0. The zero-order valence-electron chi connectivity index (χ0n) is 16.8. The van der Waals surface area contributed by atoms with Gasteiger partial charge in [-0.3, -0.25) is 9.10 Å². The number of benzene rings is 2. The van der Waals surface area contributed by atoms with Crippen LogP contribution in [0.25, 0.3) is 0 Å². The fourth-order valence-corrected chi connectivity index (χ4v) is 3.44. The molecular formula is C21H25N3O4S. The zero-order valence-corrected chi connectivity index (χ0v) is 17.6. The minimum atomic E-state index is -3.64. The fourth-order valence-electron chi connectivity index (χ4n) is 2.54. The lowest BCUT2D eigenvalue weighted by Crippen LogP contribution is -2.39. The molecule has 0 bridgehead atoms. The van der Waals surface area contributed by atoms with Gasteiger partial charge in [-0.1, -0.05) is 24.8 Å². The van der Waals surface area contributed by atoms with Gasteiger partial charge in [0.2, 0.25) is 10.0 Å². The summed E-state index contributed by atoms with van der Waals surface area (Å²) in [4.78, 5) is 12.3. The molecule has 0 saturated heterocycles. The van der Waals surface area contributed by atoms with Crippen LogP contribution in [0.2, 0.25) is 0 Å². The van der Waals surface area contributed by atoms with Gasteiger partial charge in [-0.25, -0.2) is 13.8 Å². The summed E-state index contributed by atoms with van der Waals surface area (Å²) in [5.74, 6) is 0.155. The number of ether oxygens (including phenoxy) is 1. The normalized spacial score (nSPS) is 11.3. The molecule has 0 heterocycles. The number of carbonyl (C=O) groups is 1. The van der Waals surface area contributed by atoms with E-state index in [0.29, 0.717) is 18.0 Å². The molecule has 0 spiro atoms. The van der Waals surface area contributed by atoms with Gasteiger partial charge >= 0.3 is 0 Å². The molecule has 0 aliphatic carbocycles. The van der Waals surface area contributed by atoms with Gasteiger partial charge in [0.05, 0.1) is 18.2 Å². The van der Waals surface area contributed by atoms with Crippen LogP contribution < -0.4 is 14.5 Å². The predicted octanol–water partition coefficient (Wildman–Crippen LogP) is 2.78. The zero-order chi connectivity index (χ0) is 21.4. The molecule has 0 fully saturated rings. The summed E-state index contributed by atoms with van der Waals surface area (Å²) in [6.07, 6.45) is 4.20. The van der Waals surface area contributed by atoms with Gasteiger partial charge in [0.15, 0.2) is 0 Å². The lowest BCUT2D eigenvalue weighted by atomic mass is 10.1. The number of anilines is 1. The fraction of sp³-hybridized carbons (Fsp3) is 0.238. The van der Waals surface area contributed by atoms with E-state index in [-0.39, 0.29) is 6.54 Å². The molecule has 29 heavy (non-hydrogen) atoms. The van der Waals surface area contributed by atoms with E-state index in [1.807, 2.05) is 19.9 Å². The van der Waals surface area contributed by atoms with E-state index in [1.54, 1.807) is 42.5 Å². The Morgan fingerprint density at radius 2 is 1.90 bits per heavy atom. The molecule has 2 rings (SSSR count). The second kappa shape index (κ2) is 9.88. The van der Waals surface area contributed by atoms with Crippen molar-refractivity contribution in [2.75, 3.05) is 23.7 Å². The molecule has 154 valence electrons. The SMILES string of the molecule is C=CCOc1ccc(/C=N\NC(=O)CN(c2cccc(C)c2C)S(C)(=O)=O)cc1. The first-order valence-electron chi connectivity index (χ1n) is 8.92. The van der Waals surface area contributed by atoms with E-state index in [9.17, 15) is 13.2 Å². The van der Waals surface area contributed by atoms with E-state index in [1.165, 1.54) is 6.21 Å². The maximum Gasteiger partial charge on any atom is 0.260 e. The van der Waals surface area contributed by atoms with Crippen molar-refractivity contribution in [3.8, 4) is 5.75 Å². The maximum atomic E-state index is 12.3. The predicted molar refractivity (Wildman–Crippen MR) is 116 cm³/mol. The Balaban J connectivity index is 2.04. The molecule has 0 aliphatic heterocycles. The molecule has 0 aliphatic rings. The van der Waals surface area contributed by atoms with Gasteiger partial charge in [-0.2, -0.15) is 5.10 Å². The van der Waals surface area contributed by atoms with Crippen LogP contribution >= 0.6 is 0 Å². The largest absolute Gasteiger partial charge is 0.490 e. The molecule has 7 nitrogen and oxygen atoms in total. The van der Waals surface area contributed by atoms with Gasteiger partial charge in [0.25, 0.3) is 5.91 Å². The Labute approximate surface area is 171 Å². The molecular weight excluding hydrogens is 390 g/mol. The first kappa shape index (κ1) is 22.2. The summed E-state index contributed by atoms with van der Waals surface area (Å²) in [7, 11) is -3.64. The minimum Gasteiger partial charge on any atom is -0.490 e. The Bertz CT molecular complexity index is 999. The van der Waals surface area contributed by atoms with Crippen molar-refractivity contribution in [2.45, 2.75) is 13.8 Å². The van der Waals surface area contributed by atoms with E-state index in [2.05, 4.69) is 17.1 Å². The average Bonchev–Trinajstić information content (AvgIpc) is 2.67. The minimum absolute atomic E-state index is 0.366. The lowest BCUT2D eigenvalue weighted by molar-refractivity contribution is -0.119. The Kier molecular flexibility index (Phi) is 7.55. The number of hydrogen-bond acceptors (Lipinski definition) is 5. The average molecular weight is 416 g/mol. The van der Waals surface area contributed by atoms with Crippen molar-refractivity contribution >= 4 is 27.8 Å². The Morgan fingerprint density at radius 1 is 1.21 bits per heavy atom. The number of nitrogens with zero attached hydrogens (tertiary/aromatic N) is 2. The standard InChI is InChI=1S/C21H25N3O4S/c1-5-13-28-19-11-9-18(10-12-19)14-22-23-21(25)15-24(29(4,26)27)20-8-6-7-16(2)17(20)3/h5-12,14H,1,13,15H2,2-4H3,(H,23,25)/b22-14-. The number of hydrogen-bond donors (Lipinski definition) is 1. The van der Waals surface area contributed by atoms with Crippen LogP contribution in [0.1, 0.15) is 16.7 Å². The summed E-state index contributed by atoms with van der Waals surface area (Å²) in [6.45, 7) is 7.34. The third-order valence-corrected chi connectivity index (χ3v) is 5.31. The van der Waals surface area contributed by atoms with Gasteiger partial charge < -0.3 is 4.74 Å². The molecule has 8 heteroatoms. The second-order valence-corrected chi connectivity index (χ2v) is 8.36. The number of amides is 1. The Hall–Kier alpha value is -3.13. The number of sulfonamides is 1. The first-order valence-corrected chi connectivity index (χ1v) is 10.8. The molecule has 2 aromatic rings. The summed E-state index contributed by atoms with van der Waals surface area (Å²) in [5, 5.41) is 3.90. The molecule has 0 radical (unpaired) electrons. The van der Waals surface area contributed by atoms with Crippen molar-refractivity contribution in [1.29, 1.82) is 0 Å². The molecule has 2 aromatic carbocycles. The summed E-state index contributed by atoms with van der Waals surface area (Å²) in [5.41, 5.74) is 5.33. The van der Waals surface area contributed by atoms with Gasteiger partial charge in [-0.15, -0.1) is 0 Å². The van der Waals surface area contributed by atoms with E-state index in [4.69, 9.17) is 4.74 Å². The second-order valence-electron chi connectivity index (χ2n) is 6.45. The number of rotatable bonds is 9. The third-order valence-electron chi connectivity index (χ3n) is 4.18. The van der Waals surface area contributed by atoms with Crippen LogP contribution in [0, 0.1) is 13.8 Å². The number of nitrogens with one attached hydrogen (secondary N) is 1. The highest BCUT2D eigenvalue weighted by atomic mass is 32.2. The van der Waals surface area contributed by atoms with Gasteiger partial charge in [0.1, 0.15) is 18.9 Å². The number of hydrazone groups is 1. The van der Waals surface area contributed by atoms with Crippen molar-refractivity contribution < 1.29 is 17.9 Å². The number of carbonyl (C=O) groups excluding carboxylic acids is 1. The molecule has 1 amide bonds. The van der Waals surface area contributed by atoms with Crippen molar-refractivity contribution in [2.24, 2.45) is 5.10 Å². The molecule has 0 saturated carbocycles. The van der Waals surface area contributed by atoms with Gasteiger partial charge in [0, 0.05) is 0 Å². The smallest absolute Gasteiger partial charge is 0.260 e. The van der Waals surface area contributed by atoms with Crippen LogP contribution in [0.15, 0.2) is 60.2 Å². The maximum absolute atomic E-state index is 12.3. The topological polar surface area (TPSA) is 88.1 Å². The highest BCUT2D eigenvalue weighted by Gasteiger charge is 2.22. The van der Waals surface area contributed by atoms with E-state index >= 15 is 0 Å². The molecule has 1 N–H and O–H groups in total. The van der Waals surface area contributed by atoms with Crippen LogP contribution in [0.4, 0.5) is 5.69 Å². The molecule has 0 aromatic heterocycles. The third kappa shape index (κ3) is 6.46. The van der Waals surface area contributed by atoms with Crippen molar-refractivity contribution in [1.82, 2.24) is 5.43 Å². The van der Waals surface area contributed by atoms with Gasteiger partial charge in [-0.05, 0) is 60.9 Å².